The maximum atomic E-state index is 11.5. The van der Waals surface area contributed by atoms with Crippen molar-refractivity contribution in [2.24, 2.45) is 0 Å². The Bertz CT molecular complexity index is 541. The maximum absolute atomic E-state index is 11.5. The fourth-order valence-electron chi connectivity index (χ4n) is 1.29. The van der Waals surface area contributed by atoms with Crippen molar-refractivity contribution in [1.29, 1.82) is 0 Å². The third-order valence-electron chi connectivity index (χ3n) is 1.90. The van der Waals surface area contributed by atoms with Gasteiger partial charge in [0.2, 0.25) is 0 Å². The Hall–Kier alpha value is 0.535. The summed E-state index contributed by atoms with van der Waals surface area (Å²) in [6.45, 7) is 0. The predicted octanol–water partition coefficient (Wildman–Crippen LogP) is -1.81. The Labute approximate surface area is 150 Å². The van der Waals surface area contributed by atoms with E-state index in [1.165, 1.54) is 12.1 Å². The number of phenolic OH excluding ortho intramolecular Hbond substituents is 1. The van der Waals surface area contributed by atoms with Crippen LogP contribution in [0.4, 0.5) is 0 Å². The number of thiazole rings is 1. The number of thiol groups is 1. The number of carbonyl (C=O) groups excluding carboxylic acids is 1. The molecule has 78 valence electrons. The average molecular weight is 326 g/mol. The molecule has 0 fully saturated rings. The summed E-state index contributed by atoms with van der Waals surface area (Å²) in [5, 5.41) is 20.0. The van der Waals surface area contributed by atoms with Crippen LogP contribution in [-0.4, -0.2) is 21.6 Å². The van der Waals surface area contributed by atoms with Crippen molar-refractivity contribution in [3.05, 3.63) is 17.7 Å². The molecule has 0 aliphatic rings. The molecule has 0 aliphatic carbocycles. The number of aromatic nitrogens is 1. The number of nitrogens with zero attached hydrogens (tertiary/aromatic N) is 1. The van der Waals surface area contributed by atoms with Gasteiger partial charge in [0.05, 0.1) is 16.0 Å². The third-order valence-corrected chi connectivity index (χ3v) is 3.09. The standard InChI is InChI=1S/C9H7NO3S2.Rb/c11-4-1-5(7(12)3-14)8-6(2-4)10-9(13)15-8;/h1-2,11,14H,3H2,(H,10,13);/q;+1/p-1. The second-order valence-electron chi connectivity index (χ2n) is 2.90. The molecule has 0 atom stereocenters. The van der Waals surface area contributed by atoms with Crippen molar-refractivity contribution in [3.63, 3.8) is 0 Å². The van der Waals surface area contributed by atoms with Gasteiger partial charge >= 0.3 is 58.2 Å². The van der Waals surface area contributed by atoms with Crippen LogP contribution in [0.1, 0.15) is 10.4 Å². The minimum Gasteiger partial charge on any atom is -0.851 e. The molecular weight excluding hydrogens is 320 g/mol. The van der Waals surface area contributed by atoms with Gasteiger partial charge in [-0.1, -0.05) is 0 Å². The molecule has 16 heavy (non-hydrogen) atoms. The molecule has 0 saturated carbocycles. The van der Waals surface area contributed by atoms with E-state index in [-0.39, 0.29) is 80.7 Å². The Kier molecular flexibility index (Phi) is 5.41. The molecule has 1 aromatic heterocycles. The van der Waals surface area contributed by atoms with Gasteiger partial charge in [0.1, 0.15) is 5.75 Å². The molecule has 0 radical (unpaired) electrons. The second kappa shape index (κ2) is 5.93. The van der Waals surface area contributed by atoms with Gasteiger partial charge < -0.3 is 10.2 Å². The number of hydrogen-bond donors (Lipinski definition) is 2. The van der Waals surface area contributed by atoms with Crippen LogP contribution in [0, 0.1) is 0 Å². The first-order chi connectivity index (χ1) is 7.11. The van der Waals surface area contributed by atoms with Crippen molar-refractivity contribution in [3.8, 4) is 10.9 Å². The summed E-state index contributed by atoms with van der Waals surface area (Å²) in [4.78, 5) is 15.2. The third kappa shape index (κ3) is 2.86. The number of benzene rings is 1. The molecule has 1 heterocycles. The quantitative estimate of drug-likeness (QED) is 0.504. The summed E-state index contributed by atoms with van der Waals surface area (Å²) in [5.41, 5.74) is 0.662. The SMILES string of the molecule is O=C(CS)c1cc(O)cc2nc([O-])sc12.[Rb+]. The van der Waals surface area contributed by atoms with Gasteiger partial charge in [-0.25, -0.2) is 0 Å². The number of aromatic hydroxyl groups is 1. The first kappa shape index (κ1) is 14.6. The van der Waals surface area contributed by atoms with E-state index < -0.39 is 0 Å². The molecule has 7 heteroatoms. The molecule has 2 rings (SSSR count). The molecule has 0 aliphatic heterocycles. The van der Waals surface area contributed by atoms with Crippen LogP contribution in [0.3, 0.4) is 0 Å². The maximum Gasteiger partial charge on any atom is 1.00 e. The second-order valence-corrected chi connectivity index (χ2v) is 4.18. The topological polar surface area (TPSA) is 73.2 Å². The molecule has 1 N–H and O–H groups in total. The Balaban J connectivity index is 0.00000128. The van der Waals surface area contributed by atoms with Crippen LogP contribution in [0.25, 0.3) is 10.2 Å². The minimum atomic E-state index is -0.371. The van der Waals surface area contributed by atoms with Gasteiger partial charge in [-0.3, -0.25) is 9.78 Å². The normalized spacial score (nSPS) is 10.1. The Morgan fingerprint density at radius 2 is 2.25 bits per heavy atom. The largest absolute Gasteiger partial charge is 1.00 e. The van der Waals surface area contributed by atoms with Gasteiger partial charge in [-0.15, -0.1) is 11.3 Å². The van der Waals surface area contributed by atoms with Crippen LogP contribution < -0.4 is 63.3 Å². The average Bonchev–Trinajstić information content (AvgIpc) is 2.55. The number of hydrogen-bond acceptors (Lipinski definition) is 6. The zero-order valence-electron chi connectivity index (χ0n) is 8.43. The van der Waals surface area contributed by atoms with Crippen LogP contribution in [0.5, 0.6) is 10.9 Å². The number of phenols is 1. The molecule has 0 bridgehead atoms. The van der Waals surface area contributed by atoms with E-state index in [0.717, 1.165) is 11.3 Å². The Morgan fingerprint density at radius 1 is 1.56 bits per heavy atom. The first-order valence-corrected chi connectivity index (χ1v) is 5.51. The number of ketones is 1. The van der Waals surface area contributed by atoms with E-state index in [1.54, 1.807) is 0 Å². The van der Waals surface area contributed by atoms with Gasteiger partial charge in [0.15, 0.2) is 5.78 Å². The predicted molar refractivity (Wildman–Crippen MR) is 58.9 cm³/mol. The summed E-state index contributed by atoms with van der Waals surface area (Å²) < 4.78 is 0.511. The van der Waals surface area contributed by atoms with E-state index in [2.05, 4.69) is 17.6 Å². The van der Waals surface area contributed by atoms with Crippen LogP contribution in [0.15, 0.2) is 12.1 Å². The van der Waals surface area contributed by atoms with E-state index in [9.17, 15) is 15.0 Å². The van der Waals surface area contributed by atoms with Gasteiger partial charge in [0.25, 0.3) is 0 Å². The van der Waals surface area contributed by atoms with Crippen molar-refractivity contribution in [2.75, 3.05) is 5.75 Å². The number of fused-ring (bicyclic) bond motifs is 1. The van der Waals surface area contributed by atoms with Gasteiger partial charge in [0, 0.05) is 16.8 Å². The van der Waals surface area contributed by atoms with E-state index in [0.29, 0.717) is 15.8 Å². The molecule has 0 unspecified atom stereocenters. The smallest absolute Gasteiger partial charge is 0.851 e. The molecule has 0 amide bonds. The van der Waals surface area contributed by atoms with Crippen molar-refractivity contribution in [1.82, 2.24) is 4.98 Å². The summed E-state index contributed by atoms with van der Waals surface area (Å²) in [7, 11) is 0. The first-order valence-electron chi connectivity index (χ1n) is 4.06. The van der Waals surface area contributed by atoms with Crippen molar-refractivity contribution >= 4 is 40.0 Å². The fourth-order valence-corrected chi connectivity index (χ4v) is 2.27. The fraction of sp³-hybridized carbons (Fsp3) is 0.111. The van der Waals surface area contributed by atoms with Crippen molar-refractivity contribution in [2.45, 2.75) is 0 Å². The van der Waals surface area contributed by atoms with E-state index in [4.69, 9.17) is 0 Å². The van der Waals surface area contributed by atoms with Crippen molar-refractivity contribution < 1.29 is 73.2 Å². The molecular formula is C9H6NO3RbS2. The van der Waals surface area contributed by atoms with E-state index >= 15 is 0 Å². The van der Waals surface area contributed by atoms with Gasteiger partial charge in [-0.2, -0.15) is 12.6 Å². The molecule has 0 saturated heterocycles. The number of rotatable bonds is 2. The van der Waals surface area contributed by atoms with Crippen LogP contribution in [0.2, 0.25) is 0 Å². The van der Waals surface area contributed by atoms with Crippen LogP contribution in [-0.2, 0) is 0 Å². The molecule has 1 aromatic carbocycles. The molecule has 2 aromatic rings. The summed E-state index contributed by atoms with van der Waals surface area (Å²) >= 11 is 4.77. The Morgan fingerprint density at radius 3 is 2.88 bits per heavy atom. The minimum absolute atomic E-state index is 0. The van der Waals surface area contributed by atoms with Crippen LogP contribution >= 0.6 is 24.0 Å². The number of carbonyl (C=O) groups is 1. The monoisotopic (exact) mass is 325 g/mol. The molecule has 0 spiro atoms. The van der Waals surface area contributed by atoms with E-state index in [1.807, 2.05) is 0 Å². The molecule has 4 nitrogen and oxygen atoms in total. The summed E-state index contributed by atoms with van der Waals surface area (Å²) in [5.74, 6) is -0.272. The zero-order chi connectivity index (χ0) is 11.0. The summed E-state index contributed by atoms with van der Waals surface area (Å²) in [6.07, 6.45) is 0. The zero-order valence-corrected chi connectivity index (χ0v) is 15.1. The number of Topliss-reactive ketones (excluding diaryl/α,β-unsaturated/α-hetero) is 1. The van der Waals surface area contributed by atoms with Gasteiger partial charge in [-0.05, 0) is 6.07 Å². The summed E-state index contributed by atoms with van der Waals surface area (Å²) in [6, 6.07) is 2.70.